The fourth-order valence-corrected chi connectivity index (χ4v) is 3.32. The molecule has 6 heteroatoms. The van der Waals surface area contributed by atoms with Crippen LogP contribution in [-0.2, 0) is 11.3 Å². The molecule has 0 saturated carbocycles. The van der Waals surface area contributed by atoms with Gasteiger partial charge in [-0.15, -0.1) is 0 Å². The molecule has 1 aliphatic heterocycles. The van der Waals surface area contributed by atoms with Crippen molar-refractivity contribution in [3.8, 4) is 0 Å². The summed E-state index contributed by atoms with van der Waals surface area (Å²) in [5.74, 6) is -0.263. The molecule has 1 fully saturated rings. The van der Waals surface area contributed by atoms with Gasteiger partial charge in [-0.2, -0.15) is 0 Å². The molecular weight excluding hydrogens is 375 g/mol. The Morgan fingerprint density at radius 1 is 1.46 bits per heavy atom. The zero-order valence-corrected chi connectivity index (χ0v) is 16.3. The zero-order chi connectivity index (χ0) is 17.9. The number of ether oxygens (including phenoxy) is 1. The molecule has 1 amide bonds. The summed E-state index contributed by atoms with van der Waals surface area (Å²) in [6.07, 6.45) is 1.68. The third kappa shape index (κ3) is 5.18. The number of nitrogens with one attached hydrogen (secondary N) is 1. The summed E-state index contributed by atoms with van der Waals surface area (Å²) in [5.41, 5.74) is 0.516. The van der Waals surface area contributed by atoms with Gasteiger partial charge >= 0.3 is 6.09 Å². The molecule has 1 saturated heterocycles. The normalized spacial score (nSPS) is 21.7. The van der Waals surface area contributed by atoms with Crippen molar-refractivity contribution in [3.63, 3.8) is 0 Å². The number of amides is 1. The third-order valence-electron chi connectivity index (χ3n) is 4.17. The molecule has 0 spiro atoms. The minimum Gasteiger partial charge on any atom is -0.444 e. The summed E-state index contributed by atoms with van der Waals surface area (Å²) in [4.78, 5) is 14.2. The van der Waals surface area contributed by atoms with E-state index in [4.69, 9.17) is 4.74 Å². The molecule has 1 aliphatic rings. The van der Waals surface area contributed by atoms with E-state index in [9.17, 15) is 9.18 Å². The first-order valence-electron chi connectivity index (χ1n) is 8.34. The third-order valence-corrected chi connectivity index (χ3v) is 4.78. The van der Waals surface area contributed by atoms with Gasteiger partial charge in [0.25, 0.3) is 0 Å². The van der Waals surface area contributed by atoms with Gasteiger partial charge in [0.1, 0.15) is 11.4 Å². The Kier molecular flexibility index (Phi) is 6.26. The Morgan fingerprint density at radius 2 is 2.17 bits per heavy atom. The van der Waals surface area contributed by atoms with Crippen LogP contribution in [0.4, 0.5) is 9.18 Å². The predicted octanol–water partition coefficient (Wildman–Crippen LogP) is 4.47. The fourth-order valence-electron chi connectivity index (χ4n) is 2.89. The van der Waals surface area contributed by atoms with Crippen LogP contribution in [0.15, 0.2) is 22.7 Å². The number of piperidine rings is 1. The highest BCUT2D eigenvalue weighted by molar-refractivity contribution is 9.10. The van der Waals surface area contributed by atoms with Crippen LogP contribution < -0.4 is 5.32 Å². The number of likely N-dealkylation sites (tertiary alicyclic amines) is 1. The molecule has 134 valence electrons. The molecule has 2 rings (SSSR count). The van der Waals surface area contributed by atoms with Crippen LogP contribution >= 0.6 is 15.9 Å². The second-order valence-corrected chi connectivity index (χ2v) is 8.15. The Hall–Kier alpha value is -1.14. The fraction of sp³-hybridized carbons (Fsp3) is 0.611. The van der Waals surface area contributed by atoms with E-state index in [0.717, 1.165) is 24.9 Å². The van der Waals surface area contributed by atoms with Gasteiger partial charge in [0.2, 0.25) is 0 Å². The number of hydrogen-bond donors (Lipinski definition) is 1. The van der Waals surface area contributed by atoms with Gasteiger partial charge in [-0.25, -0.2) is 9.18 Å². The van der Waals surface area contributed by atoms with Gasteiger partial charge in [-0.3, -0.25) is 0 Å². The molecule has 0 bridgehead atoms. The molecule has 1 aromatic rings. The quantitative estimate of drug-likeness (QED) is 0.813. The van der Waals surface area contributed by atoms with E-state index in [1.807, 2.05) is 27.7 Å². The maximum absolute atomic E-state index is 13.3. The summed E-state index contributed by atoms with van der Waals surface area (Å²) in [5, 5.41) is 3.49. The Morgan fingerprint density at radius 3 is 2.79 bits per heavy atom. The molecule has 1 N–H and O–H groups in total. The van der Waals surface area contributed by atoms with Crippen LogP contribution in [-0.4, -0.2) is 35.2 Å². The Bertz CT molecular complexity index is 589. The first-order chi connectivity index (χ1) is 11.2. The molecule has 0 aromatic heterocycles. The Labute approximate surface area is 151 Å². The molecule has 4 nitrogen and oxygen atoms in total. The molecular formula is C18H26BrFN2O2. The van der Waals surface area contributed by atoms with Crippen LogP contribution in [0, 0.1) is 5.82 Å². The topological polar surface area (TPSA) is 41.6 Å². The second-order valence-electron chi connectivity index (χ2n) is 7.29. The number of benzene rings is 1. The number of nitrogens with zero attached hydrogens (tertiary/aromatic N) is 1. The van der Waals surface area contributed by atoms with Crippen molar-refractivity contribution in [2.75, 3.05) is 6.54 Å². The number of halogens is 2. The van der Waals surface area contributed by atoms with Gasteiger partial charge in [-0.1, -0.05) is 6.07 Å². The van der Waals surface area contributed by atoms with Crippen molar-refractivity contribution < 1.29 is 13.9 Å². The smallest absolute Gasteiger partial charge is 0.410 e. The molecule has 0 aliphatic carbocycles. The van der Waals surface area contributed by atoms with Crippen LogP contribution in [0.1, 0.15) is 46.1 Å². The summed E-state index contributed by atoms with van der Waals surface area (Å²) in [7, 11) is 0. The molecule has 24 heavy (non-hydrogen) atoms. The van der Waals surface area contributed by atoms with Crippen LogP contribution in [0.3, 0.4) is 0 Å². The lowest BCUT2D eigenvalue weighted by Gasteiger charge is -2.40. The number of carbonyl (C=O) groups is 1. The van der Waals surface area contributed by atoms with Crippen molar-refractivity contribution in [2.45, 2.75) is 64.8 Å². The highest BCUT2D eigenvalue weighted by Crippen LogP contribution is 2.22. The first kappa shape index (κ1) is 19.2. The van der Waals surface area contributed by atoms with Gasteiger partial charge in [0.05, 0.1) is 4.47 Å². The SMILES string of the molecule is CC1C(NCc2ccc(F)c(Br)c2)CCCN1C(=O)OC(C)(C)C. The van der Waals surface area contributed by atoms with Crippen LogP contribution in [0.25, 0.3) is 0 Å². The van der Waals surface area contributed by atoms with E-state index in [2.05, 4.69) is 21.2 Å². The average molecular weight is 401 g/mol. The minimum absolute atomic E-state index is 0.0532. The van der Waals surface area contributed by atoms with Gasteiger partial charge in [0.15, 0.2) is 0 Å². The van der Waals surface area contributed by atoms with Crippen molar-refractivity contribution in [1.29, 1.82) is 0 Å². The van der Waals surface area contributed by atoms with Gasteiger partial charge in [-0.05, 0) is 74.2 Å². The first-order valence-corrected chi connectivity index (χ1v) is 9.13. The van der Waals surface area contributed by atoms with E-state index < -0.39 is 5.60 Å². The Balaban J connectivity index is 1.95. The molecule has 2 unspecified atom stereocenters. The second kappa shape index (κ2) is 7.83. The van der Waals surface area contributed by atoms with E-state index in [1.54, 1.807) is 17.0 Å². The lowest BCUT2D eigenvalue weighted by atomic mass is 9.97. The zero-order valence-electron chi connectivity index (χ0n) is 14.7. The number of carbonyl (C=O) groups excluding carboxylic acids is 1. The number of hydrogen-bond acceptors (Lipinski definition) is 3. The standard InChI is InChI=1S/C18H26BrFN2O2/c1-12-16(21-11-13-7-8-15(20)14(19)10-13)6-5-9-22(12)17(23)24-18(2,3)4/h7-8,10,12,16,21H,5-6,9,11H2,1-4H3. The van der Waals surface area contributed by atoms with E-state index in [0.29, 0.717) is 11.0 Å². The van der Waals surface area contributed by atoms with Crippen molar-refractivity contribution in [1.82, 2.24) is 10.2 Å². The lowest BCUT2D eigenvalue weighted by Crippen LogP contribution is -2.55. The van der Waals surface area contributed by atoms with E-state index in [-0.39, 0.29) is 24.0 Å². The van der Waals surface area contributed by atoms with Gasteiger partial charge < -0.3 is 15.0 Å². The minimum atomic E-state index is -0.489. The number of rotatable bonds is 3. The van der Waals surface area contributed by atoms with Gasteiger partial charge in [0, 0.05) is 25.2 Å². The van der Waals surface area contributed by atoms with Crippen molar-refractivity contribution >= 4 is 22.0 Å². The van der Waals surface area contributed by atoms with Crippen LogP contribution in [0.2, 0.25) is 0 Å². The maximum atomic E-state index is 13.3. The summed E-state index contributed by atoms with van der Waals surface area (Å²) < 4.78 is 19.3. The maximum Gasteiger partial charge on any atom is 0.410 e. The molecule has 1 aromatic carbocycles. The molecule has 2 atom stereocenters. The summed E-state index contributed by atoms with van der Waals surface area (Å²) in [6, 6.07) is 5.25. The lowest BCUT2D eigenvalue weighted by molar-refractivity contribution is 0.00699. The highest BCUT2D eigenvalue weighted by atomic mass is 79.9. The summed E-state index contributed by atoms with van der Waals surface area (Å²) >= 11 is 3.21. The molecule has 1 heterocycles. The summed E-state index contributed by atoms with van der Waals surface area (Å²) in [6.45, 7) is 9.03. The largest absolute Gasteiger partial charge is 0.444 e. The van der Waals surface area contributed by atoms with Crippen molar-refractivity contribution in [3.05, 3.63) is 34.1 Å². The van der Waals surface area contributed by atoms with E-state index in [1.165, 1.54) is 6.07 Å². The monoisotopic (exact) mass is 400 g/mol. The average Bonchev–Trinajstić information content (AvgIpc) is 2.47. The predicted molar refractivity (Wildman–Crippen MR) is 96.4 cm³/mol. The van der Waals surface area contributed by atoms with Crippen LogP contribution in [0.5, 0.6) is 0 Å². The highest BCUT2D eigenvalue weighted by Gasteiger charge is 2.33. The van der Waals surface area contributed by atoms with Crippen molar-refractivity contribution in [2.24, 2.45) is 0 Å². The molecule has 0 radical (unpaired) electrons. The van der Waals surface area contributed by atoms with E-state index >= 15 is 0 Å².